The third-order valence-corrected chi connectivity index (χ3v) is 7.43. The minimum atomic E-state index is -2.61. The number of aryl methyl sites for hydroxylation is 1. The van der Waals surface area contributed by atoms with Crippen molar-refractivity contribution in [3.8, 4) is 0 Å². The Morgan fingerprint density at radius 2 is 1.74 bits per heavy atom. The molecule has 9 heteroatoms. The van der Waals surface area contributed by atoms with Crippen LogP contribution in [0.3, 0.4) is 0 Å². The fraction of sp³-hybridized carbons (Fsp3) is 0.520. The summed E-state index contributed by atoms with van der Waals surface area (Å²) in [5.41, 5.74) is 2.90. The summed E-state index contributed by atoms with van der Waals surface area (Å²) in [4.78, 5) is 24.6. The van der Waals surface area contributed by atoms with Crippen LogP contribution < -0.4 is 15.1 Å². The number of alkyl halides is 2. The molecule has 0 unspecified atom stereocenters. The molecule has 0 bridgehead atoms. The number of amides is 1. The largest absolute Gasteiger partial charge is 0.368 e. The van der Waals surface area contributed by atoms with E-state index in [4.69, 9.17) is 0 Å². The first-order chi connectivity index (χ1) is 16.3. The number of hydrogen-bond acceptors (Lipinski definition) is 5. The van der Waals surface area contributed by atoms with E-state index in [2.05, 4.69) is 36.0 Å². The van der Waals surface area contributed by atoms with Crippen molar-refractivity contribution in [2.75, 3.05) is 54.4 Å². The maximum absolute atomic E-state index is 13.6. The molecular formula is C25H30BrF2N5O. The van der Waals surface area contributed by atoms with E-state index in [0.717, 1.165) is 48.1 Å². The van der Waals surface area contributed by atoms with Crippen LogP contribution in [0.15, 0.2) is 34.8 Å². The molecule has 1 aliphatic carbocycles. The third-order valence-electron chi connectivity index (χ3n) is 6.94. The summed E-state index contributed by atoms with van der Waals surface area (Å²) < 4.78 is 28.1. The van der Waals surface area contributed by atoms with Gasteiger partial charge in [0.05, 0.1) is 11.3 Å². The number of piperidine rings is 1. The molecule has 182 valence electrons. The van der Waals surface area contributed by atoms with Crippen molar-refractivity contribution in [3.63, 3.8) is 0 Å². The molecule has 1 aromatic carbocycles. The molecule has 5 rings (SSSR count). The molecule has 0 atom stereocenters. The first kappa shape index (κ1) is 23.5. The molecule has 0 radical (unpaired) electrons. The summed E-state index contributed by atoms with van der Waals surface area (Å²) >= 11 is 3.56. The molecule has 2 aliphatic heterocycles. The van der Waals surface area contributed by atoms with Gasteiger partial charge in [-0.1, -0.05) is 15.9 Å². The number of carbonyl (C=O) groups excluding carboxylic acids is 1. The molecule has 2 aromatic rings. The quantitative estimate of drug-likeness (QED) is 0.590. The van der Waals surface area contributed by atoms with E-state index in [1.807, 2.05) is 36.1 Å². The van der Waals surface area contributed by atoms with Gasteiger partial charge in [0.1, 0.15) is 5.82 Å². The zero-order valence-corrected chi connectivity index (χ0v) is 21.0. The molecular weight excluding hydrogens is 504 g/mol. The maximum atomic E-state index is 13.6. The van der Waals surface area contributed by atoms with Gasteiger partial charge >= 0.3 is 0 Å². The summed E-state index contributed by atoms with van der Waals surface area (Å²) in [5.74, 6) is -2.17. The van der Waals surface area contributed by atoms with Gasteiger partial charge in [-0.3, -0.25) is 9.69 Å². The van der Waals surface area contributed by atoms with E-state index < -0.39 is 5.92 Å². The number of halogens is 3. The number of rotatable bonds is 5. The molecule has 1 aromatic heterocycles. The SMILES string of the molecule is Cc1cc(NC(=O)c2ccc(Br)cc2N2CCN(C3CC3)CC2)cc(N2CCC(F)(F)CC2)n1. The Balaban J connectivity index is 1.32. The van der Waals surface area contributed by atoms with Gasteiger partial charge in [0, 0.05) is 80.1 Å². The van der Waals surface area contributed by atoms with Crippen molar-refractivity contribution in [3.05, 3.63) is 46.1 Å². The van der Waals surface area contributed by atoms with Gasteiger partial charge in [0.25, 0.3) is 11.8 Å². The predicted octanol–water partition coefficient (Wildman–Crippen LogP) is 4.92. The van der Waals surface area contributed by atoms with Crippen molar-refractivity contribution in [2.45, 2.75) is 44.6 Å². The van der Waals surface area contributed by atoms with Crippen LogP contribution in [0, 0.1) is 6.92 Å². The molecule has 3 aliphatic rings. The van der Waals surface area contributed by atoms with E-state index in [-0.39, 0.29) is 31.8 Å². The zero-order chi connectivity index (χ0) is 23.9. The van der Waals surface area contributed by atoms with Gasteiger partial charge in [-0.15, -0.1) is 0 Å². The Morgan fingerprint density at radius 3 is 2.41 bits per heavy atom. The fourth-order valence-corrected chi connectivity index (χ4v) is 5.22. The molecule has 3 heterocycles. The lowest BCUT2D eigenvalue weighted by Crippen LogP contribution is -2.47. The van der Waals surface area contributed by atoms with E-state index in [0.29, 0.717) is 17.1 Å². The average Bonchev–Trinajstić information content (AvgIpc) is 3.64. The van der Waals surface area contributed by atoms with Gasteiger partial charge in [0.15, 0.2) is 0 Å². The molecule has 6 nitrogen and oxygen atoms in total. The van der Waals surface area contributed by atoms with Gasteiger partial charge in [-0.05, 0) is 44.0 Å². The van der Waals surface area contributed by atoms with Crippen LogP contribution in [0.25, 0.3) is 0 Å². The number of hydrogen-bond donors (Lipinski definition) is 1. The lowest BCUT2D eigenvalue weighted by atomic mass is 10.1. The first-order valence-corrected chi connectivity index (χ1v) is 12.8. The van der Waals surface area contributed by atoms with Crippen molar-refractivity contribution in [1.29, 1.82) is 0 Å². The highest BCUT2D eigenvalue weighted by molar-refractivity contribution is 9.10. The number of nitrogens with zero attached hydrogens (tertiary/aromatic N) is 4. The number of piperazine rings is 1. The molecule has 34 heavy (non-hydrogen) atoms. The highest BCUT2D eigenvalue weighted by Crippen LogP contribution is 2.33. The minimum absolute atomic E-state index is 0.180. The highest BCUT2D eigenvalue weighted by atomic mass is 79.9. The molecule has 3 fully saturated rings. The van der Waals surface area contributed by atoms with Crippen LogP contribution in [0.1, 0.15) is 41.7 Å². The number of anilines is 3. The number of carbonyl (C=O) groups is 1. The third kappa shape index (κ3) is 5.35. The second-order valence-corrected chi connectivity index (χ2v) is 10.5. The highest BCUT2D eigenvalue weighted by Gasteiger charge is 2.35. The zero-order valence-electron chi connectivity index (χ0n) is 19.4. The van der Waals surface area contributed by atoms with Crippen LogP contribution in [-0.2, 0) is 0 Å². The van der Waals surface area contributed by atoms with Crippen molar-refractivity contribution >= 4 is 39.0 Å². The first-order valence-electron chi connectivity index (χ1n) is 12.0. The smallest absolute Gasteiger partial charge is 0.257 e. The molecule has 1 amide bonds. The lowest BCUT2D eigenvalue weighted by molar-refractivity contribution is -0.0221. The second-order valence-electron chi connectivity index (χ2n) is 9.57. The Bertz CT molecular complexity index is 1060. The Labute approximate surface area is 207 Å². The van der Waals surface area contributed by atoms with Crippen molar-refractivity contribution < 1.29 is 13.6 Å². The number of nitrogens with one attached hydrogen (secondary N) is 1. The normalized spacial score (nSPS) is 20.9. The molecule has 2 saturated heterocycles. The van der Waals surface area contributed by atoms with Crippen molar-refractivity contribution in [2.24, 2.45) is 0 Å². The van der Waals surface area contributed by atoms with Gasteiger partial charge in [-0.2, -0.15) is 0 Å². The Hall–Kier alpha value is -2.26. The second kappa shape index (κ2) is 9.41. The summed E-state index contributed by atoms with van der Waals surface area (Å²) in [7, 11) is 0. The summed E-state index contributed by atoms with van der Waals surface area (Å²) in [6, 6.07) is 10.1. The summed E-state index contributed by atoms with van der Waals surface area (Å²) in [6.45, 7) is 6.17. The molecule has 1 saturated carbocycles. The lowest BCUT2D eigenvalue weighted by Gasteiger charge is -2.37. The van der Waals surface area contributed by atoms with Gasteiger partial charge < -0.3 is 15.1 Å². The van der Waals surface area contributed by atoms with E-state index in [1.165, 1.54) is 12.8 Å². The topological polar surface area (TPSA) is 51.7 Å². The van der Waals surface area contributed by atoms with Crippen LogP contribution in [-0.4, -0.2) is 67.0 Å². The van der Waals surface area contributed by atoms with Crippen LogP contribution in [0.2, 0.25) is 0 Å². The van der Waals surface area contributed by atoms with E-state index in [9.17, 15) is 13.6 Å². The molecule has 0 spiro atoms. The van der Waals surface area contributed by atoms with Gasteiger partial charge in [-0.25, -0.2) is 13.8 Å². The van der Waals surface area contributed by atoms with Gasteiger partial charge in [0.2, 0.25) is 0 Å². The van der Waals surface area contributed by atoms with E-state index >= 15 is 0 Å². The summed E-state index contributed by atoms with van der Waals surface area (Å²) in [6.07, 6.45) is 2.25. The number of pyridine rings is 1. The monoisotopic (exact) mass is 533 g/mol. The molecule has 1 N–H and O–H groups in total. The van der Waals surface area contributed by atoms with E-state index in [1.54, 1.807) is 6.07 Å². The average molecular weight is 534 g/mol. The van der Waals surface area contributed by atoms with Crippen LogP contribution in [0.4, 0.5) is 26.0 Å². The minimum Gasteiger partial charge on any atom is -0.368 e. The number of benzene rings is 1. The summed E-state index contributed by atoms with van der Waals surface area (Å²) in [5, 5.41) is 3.02. The van der Waals surface area contributed by atoms with Crippen LogP contribution in [0.5, 0.6) is 0 Å². The number of aromatic nitrogens is 1. The Morgan fingerprint density at radius 1 is 1.03 bits per heavy atom. The van der Waals surface area contributed by atoms with Crippen LogP contribution >= 0.6 is 15.9 Å². The maximum Gasteiger partial charge on any atom is 0.257 e. The standard InChI is InChI=1S/C25H30BrF2N5O/c1-17-14-19(16-23(29-17)33-8-6-25(27,28)7-9-33)30-24(34)21-5-2-18(26)15-22(21)32-12-10-31(11-13-32)20-3-4-20/h2,5,14-16,20H,3-4,6-13H2,1H3,(H,29,30,34). The fourth-order valence-electron chi connectivity index (χ4n) is 4.87. The van der Waals surface area contributed by atoms with Crippen molar-refractivity contribution in [1.82, 2.24) is 9.88 Å². The predicted molar refractivity (Wildman–Crippen MR) is 134 cm³/mol. The Kier molecular flexibility index (Phi) is 6.50.